The number of hydrogen-bond donors (Lipinski definition) is 1. The minimum atomic E-state index is -0.530. The molecule has 2 amide bonds. The van der Waals surface area contributed by atoms with Crippen molar-refractivity contribution in [1.29, 1.82) is 0 Å². The van der Waals surface area contributed by atoms with Crippen LogP contribution >= 0.6 is 0 Å². The van der Waals surface area contributed by atoms with Crippen LogP contribution in [0.15, 0.2) is 48.5 Å². The molecule has 0 saturated heterocycles. The van der Waals surface area contributed by atoms with Crippen LogP contribution in [0.1, 0.15) is 43.4 Å². The van der Waals surface area contributed by atoms with Gasteiger partial charge in [0.15, 0.2) is 6.61 Å². The van der Waals surface area contributed by atoms with Crippen LogP contribution in [0, 0.1) is 13.8 Å². The van der Waals surface area contributed by atoms with E-state index in [-0.39, 0.29) is 18.4 Å². The monoisotopic (exact) mass is 396 g/mol. The molecular weight excluding hydrogens is 364 g/mol. The zero-order valence-corrected chi connectivity index (χ0v) is 17.9. The van der Waals surface area contributed by atoms with E-state index in [1.165, 1.54) is 5.56 Å². The molecule has 5 nitrogen and oxygen atoms in total. The summed E-state index contributed by atoms with van der Waals surface area (Å²) in [6, 6.07) is 15.0. The van der Waals surface area contributed by atoms with E-state index >= 15 is 0 Å². The Morgan fingerprint density at radius 3 is 2.38 bits per heavy atom. The minimum absolute atomic E-state index is 0.104. The molecule has 1 atom stereocenters. The summed E-state index contributed by atoms with van der Waals surface area (Å²) in [7, 11) is 0. The fourth-order valence-electron chi connectivity index (χ4n) is 3.10. The average Bonchev–Trinajstić information content (AvgIpc) is 2.73. The number of carbonyl (C=O) groups is 2. The molecular formula is C24H32N2O3. The van der Waals surface area contributed by atoms with Crippen LogP contribution in [-0.4, -0.2) is 35.9 Å². The Morgan fingerprint density at radius 1 is 1.03 bits per heavy atom. The van der Waals surface area contributed by atoms with Crippen LogP contribution in [-0.2, 0) is 16.1 Å². The van der Waals surface area contributed by atoms with Gasteiger partial charge in [0.2, 0.25) is 5.91 Å². The van der Waals surface area contributed by atoms with Gasteiger partial charge < -0.3 is 15.0 Å². The van der Waals surface area contributed by atoms with Crippen molar-refractivity contribution in [3.05, 3.63) is 65.2 Å². The molecule has 2 rings (SSSR count). The molecule has 0 aliphatic rings. The van der Waals surface area contributed by atoms with Gasteiger partial charge in [-0.3, -0.25) is 9.59 Å². The van der Waals surface area contributed by atoms with Crippen molar-refractivity contribution in [2.75, 3.05) is 13.2 Å². The molecule has 0 saturated carbocycles. The van der Waals surface area contributed by atoms with Gasteiger partial charge in [0.25, 0.3) is 5.91 Å². The summed E-state index contributed by atoms with van der Waals surface area (Å²) in [6.45, 7) is 8.84. The third-order valence-corrected chi connectivity index (χ3v) is 4.97. The molecule has 2 aromatic rings. The first-order valence-corrected chi connectivity index (χ1v) is 10.3. The first-order valence-electron chi connectivity index (χ1n) is 10.3. The van der Waals surface area contributed by atoms with Gasteiger partial charge in [0, 0.05) is 13.1 Å². The Balaban J connectivity index is 2.16. The van der Waals surface area contributed by atoms with Gasteiger partial charge in [-0.2, -0.15) is 0 Å². The molecule has 0 bridgehead atoms. The normalized spacial score (nSPS) is 11.6. The third kappa shape index (κ3) is 6.63. The number of rotatable bonds is 10. The van der Waals surface area contributed by atoms with Gasteiger partial charge in [0.05, 0.1) is 0 Å². The van der Waals surface area contributed by atoms with Crippen molar-refractivity contribution in [3.63, 3.8) is 0 Å². The smallest absolute Gasteiger partial charge is 0.261 e. The second-order valence-electron chi connectivity index (χ2n) is 7.26. The lowest BCUT2D eigenvalue weighted by Gasteiger charge is -2.30. The van der Waals surface area contributed by atoms with Crippen molar-refractivity contribution in [2.24, 2.45) is 0 Å². The summed E-state index contributed by atoms with van der Waals surface area (Å²) in [5.74, 6) is 0.333. The van der Waals surface area contributed by atoms with E-state index in [1.54, 1.807) is 4.90 Å². The fourth-order valence-corrected chi connectivity index (χ4v) is 3.10. The number of nitrogens with one attached hydrogen (secondary N) is 1. The standard InChI is InChI=1S/C24H32N2O3/c1-5-14-25-24(28)22(6-2)26(16-20-10-8-7-9-11-20)23(27)17-29-21-13-12-18(3)19(4)15-21/h7-13,15,22H,5-6,14,16-17H2,1-4H3,(H,25,28). The Morgan fingerprint density at radius 2 is 1.76 bits per heavy atom. The predicted octanol–water partition coefficient (Wildman–Crippen LogP) is 4.02. The Hall–Kier alpha value is -2.82. The maximum Gasteiger partial charge on any atom is 0.261 e. The van der Waals surface area contributed by atoms with Crippen LogP contribution in [0.5, 0.6) is 5.75 Å². The number of hydrogen-bond acceptors (Lipinski definition) is 3. The van der Waals surface area contributed by atoms with E-state index in [0.29, 0.717) is 25.3 Å². The topological polar surface area (TPSA) is 58.6 Å². The van der Waals surface area contributed by atoms with Crippen LogP contribution in [0.4, 0.5) is 0 Å². The lowest BCUT2D eigenvalue weighted by Crippen LogP contribution is -2.50. The van der Waals surface area contributed by atoms with Gasteiger partial charge in [-0.25, -0.2) is 0 Å². The van der Waals surface area contributed by atoms with E-state index < -0.39 is 6.04 Å². The number of ether oxygens (including phenoxy) is 1. The maximum atomic E-state index is 13.1. The molecule has 0 aliphatic heterocycles. The van der Waals surface area contributed by atoms with E-state index in [9.17, 15) is 9.59 Å². The van der Waals surface area contributed by atoms with E-state index in [1.807, 2.05) is 76.2 Å². The molecule has 5 heteroatoms. The predicted molar refractivity (Wildman–Crippen MR) is 116 cm³/mol. The highest BCUT2D eigenvalue weighted by atomic mass is 16.5. The van der Waals surface area contributed by atoms with Gasteiger partial charge in [-0.15, -0.1) is 0 Å². The highest BCUT2D eigenvalue weighted by Crippen LogP contribution is 2.17. The summed E-state index contributed by atoms with van der Waals surface area (Å²) >= 11 is 0. The van der Waals surface area contributed by atoms with Crippen LogP contribution in [0.25, 0.3) is 0 Å². The molecule has 0 fully saturated rings. The molecule has 29 heavy (non-hydrogen) atoms. The molecule has 0 heterocycles. The number of nitrogens with zero attached hydrogens (tertiary/aromatic N) is 1. The fraction of sp³-hybridized carbons (Fsp3) is 0.417. The van der Waals surface area contributed by atoms with Crippen molar-refractivity contribution in [1.82, 2.24) is 10.2 Å². The zero-order chi connectivity index (χ0) is 21.2. The van der Waals surface area contributed by atoms with E-state index in [4.69, 9.17) is 4.74 Å². The van der Waals surface area contributed by atoms with Gasteiger partial charge >= 0.3 is 0 Å². The summed E-state index contributed by atoms with van der Waals surface area (Å²) in [6.07, 6.45) is 1.39. The lowest BCUT2D eigenvalue weighted by molar-refractivity contribution is -0.143. The maximum absolute atomic E-state index is 13.1. The third-order valence-electron chi connectivity index (χ3n) is 4.97. The average molecular weight is 397 g/mol. The van der Waals surface area contributed by atoms with Crippen LogP contribution in [0.3, 0.4) is 0 Å². The molecule has 0 radical (unpaired) electrons. The largest absolute Gasteiger partial charge is 0.484 e. The van der Waals surface area contributed by atoms with Gasteiger partial charge in [-0.1, -0.05) is 50.2 Å². The summed E-state index contributed by atoms with van der Waals surface area (Å²) in [5, 5.41) is 2.92. The second kappa shape index (κ2) is 11.2. The number of amides is 2. The summed E-state index contributed by atoms with van der Waals surface area (Å²) < 4.78 is 5.75. The summed E-state index contributed by atoms with van der Waals surface area (Å²) in [4.78, 5) is 27.4. The molecule has 1 unspecified atom stereocenters. The highest BCUT2D eigenvalue weighted by Gasteiger charge is 2.28. The van der Waals surface area contributed by atoms with Crippen molar-refractivity contribution in [3.8, 4) is 5.75 Å². The van der Waals surface area contributed by atoms with Crippen LogP contribution in [0.2, 0.25) is 0 Å². The van der Waals surface area contributed by atoms with Crippen molar-refractivity contribution in [2.45, 2.75) is 53.1 Å². The first kappa shape index (κ1) is 22.5. The van der Waals surface area contributed by atoms with Crippen molar-refractivity contribution < 1.29 is 14.3 Å². The van der Waals surface area contributed by atoms with E-state index in [0.717, 1.165) is 17.5 Å². The minimum Gasteiger partial charge on any atom is -0.484 e. The molecule has 0 aromatic heterocycles. The number of benzene rings is 2. The molecule has 1 N–H and O–H groups in total. The molecule has 2 aromatic carbocycles. The quantitative estimate of drug-likeness (QED) is 0.660. The Bertz CT molecular complexity index is 805. The van der Waals surface area contributed by atoms with E-state index in [2.05, 4.69) is 5.32 Å². The number of carbonyl (C=O) groups excluding carboxylic acids is 2. The van der Waals surface area contributed by atoms with Gasteiger partial charge in [0.1, 0.15) is 11.8 Å². The van der Waals surface area contributed by atoms with Crippen molar-refractivity contribution >= 4 is 11.8 Å². The molecule has 156 valence electrons. The lowest BCUT2D eigenvalue weighted by atomic mass is 10.1. The second-order valence-corrected chi connectivity index (χ2v) is 7.26. The number of aryl methyl sites for hydroxylation is 2. The zero-order valence-electron chi connectivity index (χ0n) is 17.9. The first-order chi connectivity index (χ1) is 14.0. The summed E-state index contributed by atoms with van der Waals surface area (Å²) in [5.41, 5.74) is 3.27. The van der Waals surface area contributed by atoms with Crippen LogP contribution < -0.4 is 10.1 Å². The Kier molecular flexibility index (Phi) is 8.71. The Labute approximate surface area is 174 Å². The van der Waals surface area contributed by atoms with Gasteiger partial charge in [-0.05, 0) is 55.5 Å². The molecule has 0 aliphatic carbocycles. The molecule has 0 spiro atoms. The highest BCUT2D eigenvalue weighted by molar-refractivity contribution is 5.88. The SMILES string of the molecule is CCCNC(=O)C(CC)N(Cc1ccccc1)C(=O)COc1ccc(C)c(C)c1.